The quantitative estimate of drug-likeness (QED) is 0.823. The zero-order valence-corrected chi connectivity index (χ0v) is 10.9. The van der Waals surface area contributed by atoms with Gasteiger partial charge in [-0.3, -0.25) is 4.79 Å². The summed E-state index contributed by atoms with van der Waals surface area (Å²) in [5.74, 6) is -0.00326. The molecule has 0 bridgehead atoms. The Hall–Kier alpha value is -1.06. The fourth-order valence-corrected chi connectivity index (χ4v) is 1.67. The van der Waals surface area contributed by atoms with Crippen molar-refractivity contribution < 1.29 is 9.53 Å². The second kappa shape index (κ2) is 6.62. The summed E-state index contributed by atoms with van der Waals surface area (Å²) in [6.45, 7) is 4.20. The first-order valence-electron chi connectivity index (χ1n) is 5.66. The maximum Gasteiger partial charge on any atom is 0.323 e. The van der Waals surface area contributed by atoms with E-state index in [9.17, 15) is 4.79 Å². The van der Waals surface area contributed by atoms with E-state index in [2.05, 4.69) is 0 Å². The van der Waals surface area contributed by atoms with Crippen molar-refractivity contribution >= 4 is 17.6 Å². The van der Waals surface area contributed by atoms with E-state index >= 15 is 0 Å². The first-order valence-corrected chi connectivity index (χ1v) is 6.04. The molecule has 1 rings (SSSR count). The Morgan fingerprint density at radius 1 is 1.41 bits per heavy atom. The molecule has 0 fully saturated rings. The number of hydrogen-bond donors (Lipinski definition) is 1. The van der Waals surface area contributed by atoms with E-state index in [0.717, 1.165) is 5.56 Å². The molecule has 0 aliphatic carbocycles. The maximum absolute atomic E-state index is 11.6. The molecule has 0 unspecified atom stereocenters. The zero-order valence-electron chi connectivity index (χ0n) is 10.2. The van der Waals surface area contributed by atoms with Gasteiger partial charge in [0, 0.05) is 10.6 Å². The highest BCUT2D eigenvalue weighted by Crippen LogP contribution is 2.16. The molecule has 1 aromatic carbocycles. The predicted molar refractivity (Wildman–Crippen MR) is 68.7 cm³/mol. The van der Waals surface area contributed by atoms with Crippen LogP contribution in [0.15, 0.2) is 24.3 Å². The van der Waals surface area contributed by atoms with Crippen molar-refractivity contribution in [2.75, 3.05) is 0 Å². The van der Waals surface area contributed by atoms with Crippen molar-refractivity contribution in [3.8, 4) is 0 Å². The van der Waals surface area contributed by atoms with Crippen LogP contribution in [0.3, 0.4) is 0 Å². The number of halogens is 1. The number of rotatable bonds is 5. The lowest BCUT2D eigenvalue weighted by Crippen LogP contribution is -2.33. The molecule has 2 N–H and O–H groups in total. The standard InChI is InChI=1S/C13H18ClNO2/c1-9(2)7-12(15)13(16)17-8-10-5-3-4-6-11(10)14/h3-6,9,12H,7-8,15H2,1-2H3/t12-/m0/s1. The van der Waals surface area contributed by atoms with Crippen molar-refractivity contribution in [2.24, 2.45) is 11.7 Å². The lowest BCUT2D eigenvalue weighted by atomic mass is 10.1. The number of hydrogen-bond acceptors (Lipinski definition) is 3. The van der Waals surface area contributed by atoms with Crippen LogP contribution in [-0.2, 0) is 16.1 Å². The first kappa shape index (κ1) is 14.0. The first-order chi connectivity index (χ1) is 8.00. The number of nitrogens with two attached hydrogens (primary N) is 1. The topological polar surface area (TPSA) is 52.3 Å². The number of benzene rings is 1. The van der Waals surface area contributed by atoms with Crippen LogP contribution < -0.4 is 5.73 Å². The fourth-order valence-electron chi connectivity index (χ4n) is 1.48. The van der Waals surface area contributed by atoms with Crippen molar-refractivity contribution in [2.45, 2.75) is 32.9 Å². The summed E-state index contributed by atoms with van der Waals surface area (Å²) in [4.78, 5) is 11.6. The van der Waals surface area contributed by atoms with Gasteiger partial charge in [0.1, 0.15) is 12.6 Å². The van der Waals surface area contributed by atoms with E-state index in [1.165, 1.54) is 0 Å². The Morgan fingerprint density at radius 2 is 2.06 bits per heavy atom. The Bertz CT molecular complexity index is 379. The van der Waals surface area contributed by atoms with Crippen LogP contribution in [-0.4, -0.2) is 12.0 Å². The summed E-state index contributed by atoms with van der Waals surface area (Å²) in [6.07, 6.45) is 0.626. The zero-order chi connectivity index (χ0) is 12.8. The molecule has 0 saturated carbocycles. The monoisotopic (exact) mass is 255 g/mol. The van der Waals surface area contributed by atoms with Crippen molar-refractivity contribution in [3.05, 3.63) is 34.9 Å². The second-order valence-corrected chi connectivity index (χ2v) is 4.84. The van der Waals surface area contributed by atoms with Crippen LogP contribution in [0.25, 0.3) is 0 Å². The minimum Gasteiger partial charge on any atom is -0.460 e. The minimum absolute atomic E-state index is 0.171. The summed E-state index contributed by atoms with van der Waals surface area (Å²) in [5, 5.41) is 0.595. The van der Waals surface area contributed by atoms with Gasteiger partial charge >= 0.3 is 5.97 Å². The van der Waals surface area contributed by atoms with Crippen molar-refractivity contribution in [1.29, 1.82) is 0 Å². The van der Waals surface area contributed by atoms with Crippen molar-refractivity contribution in [3.63, 3.8) is 0 Å². The number of carbonyl (C=O) groups is 1. The van der Waals surface area contributed by atoms with Gasteiger partial charge in [-0.1, -0.05) is 43.6 Å². The molecule has 3 nitrogen and oxygen atoms in total. The third-order valence-corrected chi connectivity index (χ3v) is 2.72. The molecule has 17 heavy (non-hydrogen) atoms. The summed E-state index contributed by atoms with van der Waals surface area (Å²) in [5.41, 5.74) is 6.50. The third kappa shape index (κ3) is 4.75. The number of ether oxygens (including phenoxy) is 1. The Balaban J connectivity index is 2.46. The van der Waals surface area contributed by atoms with E-state index in [1.807, 2.05) is 32.0 Å². The molecule has 94 valence electrons. The molecule has 0 amide bonds. The van der Waals surface area contributed by atoms with Gasteiger partial charge in [-0.2, -0.15) is 0 Å². The van der Waals surface area contributed by atoms with E-state index in [1.54, 1.807) is 6.07 Å². The summed E-state index contributed by atoms with van der Waals surface area (Å²) in [7, 11) is 0. The average Bonchev–Trinajstić information content (AvgIpc) is 2.26. The molecule has 0 aliphatic heterocycles. The largest absolute Gasteiger partial charge is 0.460 e. The highest BCUT2D eigenvalue weighted by atomic mass is 35.5. The Labute approximate surface area is 107 Å². The highest BCUT2D eigenvalue weighted by Gasteiger charge is 2.16. The molecule has 1 aromatic rings. The SMILES string of the molecule is CC(C)C[C@H](N)C(=O)OCc1ccccc1Cl. The molecule has 4 heteroatoms. The van der Waals surface area contributed by atoms with E-state index in [4.69, 9.17) is 22.1 Å². The van der Waals surface area contributed by atoms with Gasteiger partial charge < -0.3 is 10.5 Å². The van der Waals surface area contributed by atoms with E-state index < -0.39 is 6.04 Å². The van der Waals surface area contributed by atoms with Gasteiger partial charge in [-0.05, 0) is 18.4 Å². The Morgan fingerprint density at radius 3 is 2.65 bits per heavy atom. The molecule has 0 radical (unpaired) electrons. The highest BCUT2D eigenvalue weighted by molar-refractivity contribution is 6.31. The minimum atomic E-state index is -0.558. The van der Waals surface area contributed by atoms with Gasteiger partial charge in [0.15, 0.2) is 0 Å². The second-order valence-electron chi connectivity index (χ2n) is 4.44. The number of esters is 1. The molecular formula is C13H18ClNO2. The van der Waals surface area contributed by atoms with Gasteiger partial charge in [-0.25, -0.2) is 0 Å². The van der Waals surface area contributed by atoms with Crippen LogP contribution in [0.2, 0.25) is 5.02 Å². The maximum atomic E-state index is 11.6. The molecule has 0 spiro atoms. The van der Waals surface area contributed by atoms with Crippen LogP contribution in [0, 0.1) is 5.92 Å². The number of carbonyl (C=O) groups excluding carboxylic acids is 1. The van der Waals surface area contributed by atoms with Crippen LogP contribution in [0.4, 0.5) is 0 Å². The van der Waals surface area contributed by atoms with Crippen LogP contribution >= 0.6 is 11.6 Å². The van der Waals surface area contributed by atoms with Gasteiger partial charge in [0.2, 0.25) is 0 Å². The normalized spacial score (nSPS) is 12.5. The lowest BCUT2D eigenvalue weighted by Gasteiger charge is -2.13. The molecule has 0 aromatic heterocycles. The molecule has 1 atom stereocenters. The molecular weight excluding hydrogens is 238 g/mol. The van der Waals surface area contributed by atoms with Gasteiger partial charge in [-0.15, -0.1) is 0 Å². The van der Waals surface area contributed by atoms with Gasteiger partial charge in [0.25, 0.3) is 0 Å². The summed E-state index contributed by atoms with van der Waals surface area (Å²) < 4.78 is 5.12. The molecule has 0 heterocycles. The van der Waals surface area contributed by atoms with Crippen molar-refractivity contribution in [1.82, 2.24) is 0 Å². The predicted octanol–water partition coefficient (Wildman–Crippen LogP) is 2.76. The average molecular weight is 256 g/mol. The van der Waals surface area contributed by atoms with Gasteiger partial charge in [0.05, 0.1) is 0 Å². The lowest BCUT2D eigenvalue weighted by molar-refractivity contribution is -0.146. The summed E-state index contributed by atoms with van der Waals surface area (Å²) >= 11 is 5.95. The van der Waals surface area contributed by atoms with E-state index in [0.29, 0.717) is 17.4 Å². The van der Waals surface area contributed by atoms with Crippen LogP contribution in [0.1, 0.15) is 25.8 Å². The fraction of sp³-hybridized carbons (Fsp3) is 0.462. The van der Waals surface area contributed by atoms with E-state index in [-0.39, 0.29) is 12.6 Å². The smallest absolute Gasteiger partial charge is 0.323 e. The molecule has 0 aliphatic rings. The molecule has 0 saturated heterocycles. The third-order valence-electron chi connectivity index (χ3n) is 2.36. The summed E-state index contributed by atoms with van der Waals surface area (Å²) in [6, 6.07) is 6.71. The Kier molecular flexibility index (Phi) is 5.45. The van der Waals surface area contributed by atoms with Crippen LogP contribution in [0.5, 0.6) is 0 Å².